The van der Waals surface area contributed by atoms with Gasteiger partial charge in [0.15, 0.2) is 0 Å². The zero-order chi connectivity index (χ0) is 16.7. The number of amides is 1. The summed E-state index contributed by atoms with van der Waals surface area (Å²) in [5.41, 5.74) is 8.30. The highest BCUT2D eigenvalue weighted by atomic mass is 35.5. The average molecular weight is 349 g/mol. The molecular weight excluding hydrogens is 324 g/mol. The van der Waals surface area contributed by atoms with Gasteiger partial charge < -0.3 is 15.8 Å². The van der Waals surface area contributed by atoms with Crippen LogP contribution in [0.25, 0.3) is 0 Å². The molecule has 0 fully saturated rings. The Hall–Kier alpha value is -2.04. The zero-order valence-corrected chi connectivity index (χ0v) is 14.9. The number of carbonyl (C=O) groups excluding carboxylic acids is 1. The number of rotatable bonds is 7. The molecule has 0 spiro atoms. The van der Waals surface area contributed by atoms with E-state index in [0.717, 1.165) is 23.3 Å². The molecule has 1 atom stereocenters. The summed E-state index contributed by atoms with van der Waals surface area (Å²) < 4.78 is 5.99. The summed E-state index contributed by atoms with van der Waals surface area (Å²) in [5, 5.41) is 2.93. The van der Waals surface area contributed by atoms with Crippen molar-refractivity contribution in [3.63, 3.8) is 0 Å². The Bertz CT molecular complexity index is 644. The number of hydrogen-bond acceptors (Lipinski definition) is 3. The number of hydrogen-bond donors (Lipinski definition) is 2. The van der Waals surface area contributed by atoms with Gasteiger partial charge in [0.1, 0.15) is 11.9 Å². The molecule has 5 heteroatoms. The van der Waals surface area contributed by atoms with Gasteiger partial charge in [-0.2, -0.15) is 0 Å². The minimum Gasteiger partial charge on any atom is -0.488 e. The number of ether oxygens (including phenoxy) is 1. The van der Waals surface area contributed by atoms with Crippen molar-refractivity contribution in [1.82, 2.24) is 5.32 Å². The Kier molecular flexibility index (Phi) is 8.30. The van der Waals surface area contributed by atoms with E-state index >= 15 is 0 Å². The van der Waals surface area contributed by atoms with Gasteiger partial charge >= 0.3 is 0 Å². The highest BCUT2D eigenvalue weighted by Gasteiger charge is 2.12. The quantitative estimate of drug-likeness (QED) is 0.805. The fourth-order valence-electron chi connectivity index (χ4n) is 2.24. The second kappa shape index (κ2) is 9.96. The van der Waals surface area contributed by atoms with Gasteiger partial charge in [-0.15, -0.1) is 12.4 Å². The second-order valence-electron chi connectivity index (χ2n) is 5.52. The molecule has 1 unspecified atom stereocenters. The van der Waals surface area contributed by atoms with Crippen molar-refractivity contribution in [3.05, 3.63) is 65.2 Å². The first-order chi connectivity index (χ1) is 11.1. The molecule has 24 heavy (non-hydrogen) atoms. The number of para-hydroxylation sites is 1. The molecule has 4 nitrogen and oxygen atoms in total. The maximum Gasteiger partial charge on any atom is 0.251 e. The van der Waals surface area contributed by atoms with Crippen molar-refractivity contribution in [2.24, 2.45) is 5.73 Å². The standard InChI is InChI=1S/C19H24N2O2.ClH/c1-3-17(23-18-7-5-4-6-14(18)2)13-21-19(22)16-10-8-15(12-20)9-11-16;/h4-11,17H,3,12-13,20H2,1-2H3,(H,21,22);1H. The van der Waals surface area contributed by atoms with Crippen LogP contribution < -0.4 is 15.8 Å². The largest absolute Gasteiger partial charge is 0.488 e. The van der Waals surface area contributed by atoms with Crippen molar-refractivity contribution < 1.29 is 9.53 Å². The van der Waals surface area contributed by atoms with Crippen LogP contribution in [0, 0.1) is 6.92 Å². The van der Waals surface area contributed by atoms with E-state index in [1.54, 1.807) is 12.1 Å². The van der Waals surface area contributed by atoms with Crippen LogP contribution >= 0.6 is 12.4 Å². The lowest BCUT2D eigenvalue weighted by Gasteiger charge is -2.19. The third-order valence-corrected chi connectivity index (χ3v) is 3.78. The van der Waals surface area contributed by atoms with Crippen molar-refractivity contribution in [2.75, 3.05) is 6.54 Å². The highest BCUT2D eigenvalue weighted by Crippen LogP contribution is 2.18. The van der Waals surface area contributed by atoms with Crippen molar-refractivity contribution in [2.45, 2.75) is 32.9 Å². The maximum absolute atomic E-state index is 12.2. The third-order valence-electron chi connectivity index (χ3n) is 3.78. The molecule has 0 saturated heterocycles. The summed E-state index contributed by atoms with van der Waals surface area (Å²) in [6.07, 6.45) is 0.768. The fourth-order valence-corrected chi connectivity index (χ4v) is 2.24. The van der Waals surface area contributed by atoms with Gasteiger partial charge in [-0.05, 0) is 42.7 Å². The van der Waals surface area contributed by atoms with E-state index in [1.807, 2.05) is 50.2 Å². The summed E-state index contributed by atoms with van der Waals surface area (Å²) in [4.78, 5) is 12.2. The average Bonchev–Trinajstić information content (AvgIpc) is 2.60. The summed E-state index contributed by atoms with van der Waals surface area (Å²) in [6, 6.07) is 15.2. The van der Waals surface area contributed by atoms with Crippen LogP contribution in [-0.4, -0.2) is 18.6 Å². The van der Waals surface area contributed by atoms with E-state index in [9.17, 15) is 4.79 Å². The van der Waals surface area contributed by atoms with Gasteiger partial charge in [-0.1, -0.05) is 37.3 Å². The first-order valence-electron chi connectivity index (χ1n) is 7.93. The van der Waals surface area contributed by atoms with Crippen molar-refractivity contribution >= 4 is 18.3 Å². The van der Waals surface area contributed by atoms with Gasteiger partial charge in [0.2, 0.25) is 0 Å². The number of halogens is 1. The number of benzene rings is 2. The van der Waals surface area contributed by atoms with Crippen LogP contribution in [0.2, 0.25) is 0 Å². The van der Waals surface area contributed by atoms with Crippen molar-refractivity contribution in [1.29, 1.82) is 0 Å². The SMILES string of the molecule is CCC(CNC(=O)c1ccc(CN)cc1)Oc1ccccc1C.Cl. The van der Waals surface area contributed by atoms with Gasteiger partial charge in [-0.3, -0.25) is 4.79 Å². The molecular formula is C19H25ClN2O2. The third kappa shape index (κ3) is 5.55. The second-order valence-corrected chi connectivity index (χ2v) is 5.52. The molecule has 0 aliphatic rings. The molecule has 0 aliphatic carbocycles. The van der Waals surface area contributed by atoms with E-state index in [1.165, 1.54) is 0 Å². The fraction of sp³-hybridized carbons (Fsp3) is 0.316. The Morgan fingerprint density at radius 3 is 2.42 bits per heavy atom. The topological polar surface area (TPSA) is 64.4 Å². The Morgan fingerprint density at radius 2 is 1.83 bits per heavy atom. The minimum absolute atomic E-state index is 0. The summed E-state index contributed by atoms with van der Waals surface area (Å²) in [7, 11) is 0. The lowest BCUT2D eigenvalue weighted by atomic mass is 10.1. The van der Waals surface area contributed by atoms with Gasteiger partial charge in [0.05, 0.1) is 6.54 Å². The van der Waals surface area contributed by atoms with Crippen LogP contribution in [0.15, 0.2) is 48.5 Å². The monoisotopic (exact) mass is 348 g/mol. The lowest BCUT2D eigenvalue weighted by molar-refractivity contribution is 0.0926. The molecule has 2 aromatic carbocycles. The predicted molar refractivity (Wildman–Crippen MR) is 99.8 cm³/mol. The molecule has 3 N–H and O–H groups in total. The first-order valence-corrected chi connectivity index (χ1v) is 7.93. The summed E-state index contributed by atoms with van der Waals surface area (Å²) >= 11 is 0. The highest BCUT2D eigenvalue weighted by molar-refractivity contribution is 5.94. The van der Waals surface area contributed by atoms with Crippen LogP contribution in [0.1, 0.15) is 34.8 Å². The van der Waals surface area contributed by atoms with Gasteiger partial charge in [-0.25, -0.2) is 0 Å². The number of nitrogens with two attached hydrogens (primary N) is 1. The molecule has 1 amide bonds. The molecule has 0 aliphatic heterocycles. The molecule has 2 rings (SSSR count). The van der Waals surface area contributed by atoms with E-state index in [4.69, 9.17) is 10.5 Å². The lowest BCUT2D eigenvalue weighted by Crippen LogP contribution is -2.35. The zero-order valence-electron chi connectivity index (χ0n) is 14.1. The van der Waals surface area contributed by atoms with Crippen molar-refractivity contribution in [3.8, 4) is 5.75 Å². The molecule has 0 heterocycles. The summed E-state index contributed by atoms with van der Waals surface area (Å²) in [5.74, 6) is 0.765. The van der Waals surface area contributed by atoms with Gasteiger partial charge in [0, 0.05) is 12.1 Å². The minimum atomic E-state index is -0.0968. The van der Waals surface area contributed by atoms with Crippen LogP contribution in [0.4, 0.5) is 0 Å². The maximum atomic E-state index is 12.2. The predicted octanol–water partition coefficient (Wildman–Crippen LogP) is 3.46. The molecule has 0 bridgehead atoms. The molecule has 0 saturated carbocycles. The molecule has 2 aromatic rings. The Balaban J connectivity index is 0.00000288. The van der Waals surface area contributed by atoms with Crippen LogP contribution in [-0.2, 0) is 6.54 Å². The normalized spacial score (nSPS) is 11.3. The smallest absolute Gasteiger partial charge is 0.251 e. The number of carbonyl (C=O) groups is 1. The first kappa shape index (κ1) is 20.0. The van der Waals surface area contributed by atoms with E-state index in [2.05, 4.69) is 5.32 Å². The van der Waals surface area contributed by atoms with Crippen LogP contribution in [0.3, 0.4) is 0 Å². The number of nitrogens with one attached hydrogen (secondary N) is 1. The summed E-state index contributed by atoms with van der Waals surface area (Å²) in [6.45, 7) is 5.01. The number of aryl methyl sites for hydroxylation is 1. The Labute approximate surface area is 149 Å². The Morgan fingerprint density at radius 1 is 1.17 bits per heavy atom. The van der Waals surface area contributed by atoms with E-state index in [0.29, 0.717) is 18.7 Å². The molecule has 0 aromatic heterocycles. The molecule has 130 valence electrons. The van der Waals surface area contributed by atoms with Crippen LogP contribution in [0.5, 0.6) is 5.75 Å². The molecule has 0 radical (unpaired) electrons. The van der Waals surface area contributed by atoms with Gasteiger partial charge in [0.25, 0.3) is 5.91 Å². The van der Waals surface area contributed by atoms with E-state index < -0.39 is 0 Å². The van der Waals surface area contributed by atoms with E-state index in [-0.39, 0.29) is 24.4 Å².